The lowest BCUT2D eigenvalue weighted by Crippen LogP contribution is -2.43. The van der Waals surface area contributed by atoms with Crippen molar-refractivity contribution in [3.8, 4) is 0 Å². The van der Waals surface area contributed by atoms with Gasteiger partial charge in [-0.3, -0.25) is 9.52 Å². The average molecular weight is 464 g/mol. The summed E-state index contributed by atoms with van der Waals surface area (Å²) in [5, 5.41) is 4.21. The Morgan fingerprint density at radius 3 is 2.12 bits per heavy atom. The molecule has 3 aromatic rings. The summed E-state index contributed by atoms with van der Waals surface area (Å²) in [6.45, 7) is 0.701. The van der Waals surface area contributed by atoms with Gasteiger partial charge >= 0.3 is 0 Å². The highest BCUT2D eigenvalue weighted by Gasteiger charge is 2.16. The number of nitrogens with one attached hydrogen (secondary N) is 2. The van der Waals surface area contributed by atoms with Crippen LogP contribution in [0.2, 0.25) is 0 Å². The van der Waals surface area contributed by atoms with E-state index in [1.807, 2.05) is 79.7 Å². The molecule has 0 saturated carbocycles. The van der Waals surface area contributed by atoms with Crippen molar-refractivity contribution in [2.24, 2.45) is 0 Å². The number of hydrogen-bond acceptors (Lipinski definition) is 4. The average Bonchev–Trinajstić information content (AvgIpc) is 2.79. The fourth-order valence-corrected chi connectivity index (χ4v) is 4.26. The topological polar surface area (TPSA) is 78.5 Å². The van der Waals surface area contributed by atoms with Crippen molar-refractivity contribution in [1.82, 2.24) is 10.2 Å². The van der Waals surface area contributed by atoms with Crippen LogP contribution >= 0.6 is 0 Å². The van der Waals surface area contributed by atoms with Crippen LogP contribution in [-0.2, 0) is 16.4 Å². The minimum atomic E-state index is -3.67. The predicted octanol–water partition coefficient (Wildman–Crippen LogP) is 4.00. The van der Waals surface area contributed by atoms with E-state index in [9.17, 15) is 13.2 Å². The molecule has 0 heterocycles. The molecule has 7 heteroatoms. The summed E-state index contributed by atoms with van der Waals surface area (Å²) in [6.07, 6.45) is 2.25. The summed E-state index contributed by atoms with van der Waals surface area (Å²) in [6, 6.07) is 25.6. The number of rotatable bonds is 10. The van der Waals surface area contributed by atoms with Crippen molar-refractivity contribution in [3.63, 3.8) is 0 Å². The van der Waals surface area contributed by atoms with Crippen LogP contribution < -0.4 is 10.0 Å². The largest absolute Gasteiger partial charge is 0.348 e. The lowest BCUT2D eigenvalue weighted by atomic mass is 10.0. The maximum Gasteiger partial charge on any atom is 0.255 e. The lowest BCUT2D eigenvalue weighted by Gasteiger charge is -2.22. The van der Waals surface area contributed by atoms with Crippen molar-refractivity contribution >= 4 is 27.7 Å². The van der Waals surface area contributed by atoms with Gasteiger partial charge in [-0.05, 0) is 62.0 Å². The molecule has 172 valence electrons. The van der Waals surface area contributed by atoms with Crippen LogP contribution in [0.25, 0.3) is 6.08 Å². The number of hydrogen-bond donors (Lipinski definition) is 2. The molecule has 1 atom stereocenters. The van der Waals surface area contributed by atoms with Gasteiger partial charge in [-0.25, -0.2) is 8.42 Å². The maximum atomic E-state index is 12.8. The van der Waals surface area contributed by atoms with Crippen LogP contribution in [0.15, 0.2) is 90.3 Å². The third kappa shape index (κ3) is 8.21. The Morgan fingerprint density at radius 1 is 0.909 bits per heavy atom. The molecule has 1 unspecified atom stereocenters. The summed E-state index contributed by atoms with van der Waals surface area (Å²) in [7, 11) is 0.269. The number of benzene rings is 3. The zero-order valence-corrected chi connectivity index (χ0v) is 19.6. The molecule has 0 saturated heterocycles. The molecule has 33 heavy (non-hydrogen) atoms. The van der Waals surface area contributed by atoms with Gasteiger partial charge < -0.3 is 10.2 Å². The van der Waals surface area contributed by atoms with Crippen LogP contribution in [0.3, 0.4) is 0 Å². The Morgan fingerprint density at radius 2 is 1.52 bits per heavy atom. The number of carbonyl (C=O) groups is 1. The second kappa shape index (κ2) is 11.4. The van der Waals surface area contributed by atoms with Gasteiger partial charge in [0.05, 0.1) is 5.41 Å². The van der Waals surface area contributed by atoms with Gasteiger partial charge in [0.25, 0.3) is 15.9 Å². The van der Waals surface area contributed by atoms with E-state index in [1.165, 1.54) is 6.08 Å². The smallest absolute Gasteiger partial charge is 0.255 e. The predicted molar refractivity (Wildman–Crippen MR) is 134 cm³/mol. The van der Waals surface area contributed by atoms with Crippen molar-refractivity contribution < 1.29 is 13.2 Å². The van der Waals surface area contributed by atoms with Crippen molar-refractivity contribution in [1.29, 1.82) is 0 Å². The highest BCUT2D eigenvalue weighted by Crippen LogP contribution is 2.14. The summed E-state index contributed by atoms with van der Waals surface area (Å²) in [4.78, 5) is 14.8. The Bertz CT molecular complexity index is 1160. The van der Waals surface area contributed by atoms with E-state index in [0.717, 1.165) is 23.0 Å². The third-order valence-electron chi connectivity index (χ3n) is 4.89. The molecule has 0 spiro atoms. The quantitative estimate of drug-likeness (QED) is 0.476. The minimum absolute atomic E-state index is 0.0591. The standard InChI is InChI=1S/C26H29N3O3S/c1-29(2)20-25(19-22-11-7-4-8-12-22)27-26(30)23-13-15-24(16-14-23)28-33(31,32)18-17-21-9-5-3-6-10-21/h3-18,25,28H,19-20H2,1-2H3,(H,27,30)/b18-17+. The normalized spacial score (nSPS) is 12.6. The van der Waals surface area contributed by atoms with Crippen molar-refractivity contribution in [3.05, 3.63) is 107 Å². The van der Waals surface area contributed by atoms with Gasteiger partial charge in [-0.15, -0.1) is 0 Å². The second-order valence-electron chi connectivity index (χ2n) is 8.06. The lowest BCUT2D eigenvalue weighted by molar-refractivity contribution is 0.0930. The van der Waals surface area contributed by atoms with Gasteiger partial charge in [0.1, 0.15) is 0 Å². The Labute approximate surface area is 196 Å². The monoisotopic (exact) mass is 463 g/mol. The molecule has 0 aromatic heterocycles. The summed E-state index contributed by atoms with van der Waals surface area (Å²) in [5.74, 6) is -0.198. The van der Waals surface area contributed by atoms with E-state index in [4.69, 9.17) is 0 Å². The number of anilines is 1. The van der Waals surface area contributed by atoms with Crippen LogP contribution in [0.4, 0.5) is 5.69 Å². The van der Waals surface area contributed by atoms with E-state index in [0.29, 0.717) is 17.8 Å². The maximum absolute atomic E-state index is 12.8. The van der Waals surface area contributed by atoms with Crippen molar-refractivity contribution in [2.45, 2.75) is 12.5 Å². The van der Waals surface area contributed by atoms with Crippen LogP contribution in [0.1, 0.15) is 21.5 Å². The molecular formula is C26H29N3O3S. The Kier molecular flexibility index (Phi) is 8.40. The number of nitrogens with zero attached hydrogens (tertiary/aromatic N) is 1. The fraction of sp³-hybridized carbons (Fsp3) is 0.192. The first-order valence-corrected chi connectivity index (χ1v) is 12.2. The first-order chi connectivity index (χ1) is 15.8. The van der Waals surface area contributed by atoms with E-state index in [-0.39, 0.29) is 11.9 Å². The molecular weight excluding hydrogens is 434 g/mol. The minimum Gasteiger partial charge on any atom is -0.348 e. The molecule has 0 aliphatic heterocycles. The number of carbonyl (C=O) groups excluding carboxylic acids is 1. The van der Waals surface area contributed by atoms with E-state index >= 15 is 0 Å². The molecule has 3 aromatic carbocycles. The number of likely N-dealkylation sites (N-methyl/N-ethyl adjacent to an activating group) is 1. The zero-order chi connectivity index (χ0) is 23.7. The van der Waals surface area contributed by atoms with E-state index in [1.54, 1.807) is 24.3 Å². The molecule has 1 amide bonds. The Balaban J connectivity index is 1.63. The Hall–Kier alpha value is -3.42. The summed E-state index contributed by atoms with van der Waals surface area (Å²) in [5.41, 5.74) is 2.80. The summed E-state index contributed by atoms with van der Waals surface area (Å²) >= 11 is 0. The first-order valence-electron chi connectivity index (χ1n) is 10.7. The molecule has 2 N–H and O–H groups in total. The molecule has 0 fully saturated rings. The zero-order valence-electron chi connectivity index (χ0n) is 18.8. The van der Waals surface area contributed by atoms with Gasteiger partial charge in [0, 0.05) is 23.8 Å². The molecule has 3 rings (SSSR count). The molecule has 6 nitrogen and oxygen atoms in total. The molecule has 0 aliphatic carbocycles. The van der Waals surface area contributed by atoms with E-state index in [2.05, 4.69) is 10.0 Å². The number of sulfonamides is 1. The molecule has 0 radical (unpaired) electrons. The highest BCUT2D eigenvalue weighted by atomic mass is 32.2. The van der Waals surface area contributed by atoms with Crippen LogP contribution in [-0.4, -0.2) is 45.9 Å². The van der Waals surface area contributed by atoms with E-state index < -0.39 is 10.0 Å². The van der Waals surface area contributed by atoms with Crippen LogP contribution in [0.5, 0.6) is 0 Å². The summed E-state index contributed by atoms with van der Waals surface area (Å²) < 4.78 is 27.2. The van der Waals surface area contributed by atoms with Gasteiger partial charge in [0.2, 0.25) is 0 Å². The van der Waals surface area contributed by atoms with Gasteiger partial charge in [-0.1, -0.05) is 60.7 Å². The fourth-order valence-electron chi connectivity index (χ4n) is 3.39. The highest BCUT2D eigenvalue weighted by molar-refractivity contribution is 7.95. The second-order valence-corrected chi connectivity index (χ2v) is 9.63. The van der Waals surface area contributed by atoms with Crippen molar-refractivity contribution in [2.75, 3.05) is 25.4 Å². The SMILES string of the molecule is CN(C)CC(Cc1ccccc1)NC(=O)c1ccc(NS(=O)(=O)/C=C/c2ccccc2)cc1. The van der Waals surface area contributed by atoms with Gasteiger partial charge in [-0.2, -0.15) is 0 Å². The molecule has 0 aliphatic rings. The van der Waals surface area contributed by atoms with Crippen LogP contribution in [0, 0.1) is 0 Å². The third-order valence-corrected chi connectivity index (χ3v) is 5.91. The molecule has 0 bridgehead atoms. The number of amides is 1. The van der Waals surface area contributed by atoms with Gasteiger partial charge in [0.15, 0.2) is 0 Å². The first kappa shape index (κ1) is 24.2.